The molecule has 0 aromatic heterocycles. The van der Waals surface area contributed by atoms with E-state index in [-0.39, 0.29) is 17.2 Å². The zero-order chi connectivity index (χ0) is 18.7. The van der Waals surface area contributed by atoms with E-state index in [0.717, 1.165) is 18.6 Å². The molecule has 0 spiro atoms. The maximum atomic E-state index is 12.0. The molecule has 0 radical (unpaired) electrons. The summed E-state index contributed by atoms with van der Waals surface area (Å²) in [6.45, 7) is 7.57. The first kappa shape index (κ1) is 20.6. The summed E-state index contributed by atoms with van der Waals surface area (Å²) in [4.78, 5) is 13.4. The minimum atomic E-state index is -0.230. The number of rotatable bonds is 11. The molecule has 6 nitrogen and oxygen atoms in total. The van der Waals surface area contributed by atoms with E-state index in [1.54, 1.807) is 32.3 Å². The predicted molar refractivity (Wildman–Crippen MR) is 102 cm³/mol. The molecule has 1 rings (SSSR count). The molecule has 0 saturated heterocycles. The van der Waals surface area contributed by atoms with Gasteiger partial charge in [-0.3, -0.25) is 4.79 Å². The van der Waals surface area contributed by atoms with Crippen LogP contribution in [-0.2, 0) is 4.74 Å². The highest BCUT2D eigenvalue weighted by atomic mass is 16.5. The first-order chi connectivity index (χ1) is 12.0. The number of nitrogens with one attached hydrogen (secondary N) is 2. The number of amides is 1. The maximum absolute atomic E-state index is 12.0. The number of para-hydroxylation sites is 1. The van der Waals surface area contributed by atoms with Gasteiger partial charge in [0, 0.05) is 27.2 Å². The third kappa shape index (κ3) is 6.89. The van der Waals surface area contributed by atoms with Crippen molar-refractivity contribution in [2.75, 3.05) is 39.0 Å². The van der Waals surface area contributed by atoms with Crippen LogP contribution in [0, 0.1) is 0 Å². The summed E-state index contributed by atoms with van der Waals surface area (Å²) in [6.07, 6.45) is 5.49. The largest absolute Gasteiger partial charge is 0.505 e. The number of carbonyl (C=O) groups is 1. The Labute approximate surface area is 150 Å². The van der Waals surface area contributed by atoms with Gasteiger partial charge in [-0.1, -0.05) is 26.0 Å². The summed E-state index contributed by atoms with van der Waals surface area (Å²) in [5.41, 5.74) is 0.825. The van der Waals surface area contributed by atoms with Crippen LogP contribution < -0.4 is 10.6 Å². The first-order valence-electron chi connectivity index (χ1n) is 8.46. The van der Waals surface area contributed by atoms with Gasteiger partial charge in [-0.15, -0.1) is 0 Å². The van der Waals surface area contributed by atoms with Crippen molar-refractivity contribution in [3.8, 4) is 5.75 Å². The van der Waals surface area contributed by atoms with Gasteiger partial charge in [-0.05, 0) is 24.6 Å². The normalized spacial score (nSPS) is 11.1. The summed E-state index contributed by atoms with van der Waals surface area (Å²) < 4.78 is 5.35. The summed E-state index contributed by atoms with van der Waals surface area (Å²) in [6, 6.07) is 5.10. The van der Waals surface area contributed by atoms with Crippen molar-refractivity contribution in [1.82, 2.24) is 10.2 Å². The number of ether oxygens (including phenoxy) is 1. The van der Waals surface area contributed by atoms with Crippen molar-refractivity contribution in [2.24, 2.45) is 0 Å². The highest BCUT2D eigenvalue weighted by Gasteiger charge is 2.15. The standard InChI is InChI=1S/C19H29N3O3/c1-5-7-9-15(25-6-2)14-20-12-13-21-17-11-8-10-16(18(17)23)19(24)22(3)4/h6,8-11,20-21,23H,2,5,7,12-14H2,1,3-4H3/b15-9-. The molecule has 0 aliphatic heterocycles. The fourth-order valence-electron chi connectivity index (χ4n) is 2.17. The lowest BCUT2D eigenvalue weighted by Crippen LogP contribution is -2.25. The summed E-state index contributed by atoms with van der Waals surface area (Å²) >= 11 is 0. The minimum Gasteiger partial charge on any atom is -0.505 e. The van der Waals surface area contributed by atoms with E-state index in [0.29, 0.717) is 25.3 Å². The molecule has 6 heteroatoms. The van der Waals surface area contributed by atoms with Gasteiger partial charge in [0.25, 0.3) is 5.91 Å². The molecule has 0 aliphatic rings. The zero-order valence-corrected chi connectivity index (χ0v) is 15.3. The maximum Gasteiger partial charge on any atom is 0.257 e. The zero-order valence-electron chi connectivity index (χ0n) is 15.3. The van der Waals surface area contributed by atoms with Crippen LogP contribution in [-0.4, -0.2) is 49.6 Å². The fraction of sp³-hybridized carbons (Fsp3) is 0.421. The van der Waals surface area contributed by atoms with Gasteiger partial charge in [0.2, 0.25) is 0 Å². The fourth-order valence-corrected chi connectivity index (χ4v) is 2.17. The number of carbonyl (C=O) groups excluding carboxylic acids is 1. The van der Waals surface area contributed by atoms with Crippen molar-refractivity contribution >= 4 is 11.6 Å². The van der Waals surface area contributed by atoms with E-state index >= 15 is 0 Å². The van der Waals surface area contributed by atoms with Gasteiger partial charge in [0.15, 0.2) is 5.75 Å². The smallest absolute Gasteiger partial charge is 0.257 e. The molecule has 0 heterocycles. The number of nitrogens with zero attached hydrogens (tertiary/aromatic N) is 1. The number of phenols is 1. The summed E-state index contributed by atoms with van der Waals surface area (Å²) in [7, 11) is 3.31. The number of aromatic hydroxyl groups is 1. The Kier molecular flexibility index (Phi) is 9.17. The van der Waals surface area contributed by atoms with E-state index in [2.05, 4.69) is 24.1 Å². The van der Waals surface area contributed by atoms with Crippen LogP contribution in [0.5, 0.6) is 5.75 Å². The molecule has 0 saturated carbocycles. The molecule has 0 aliphatic carbocycles. The van der Waals surface area contributed by atoms with E-state index in [9.17, 15) is 9.90 Å². The first-order valence-corrected chi connectivity index (χ1v) is 8.46. The van der Waals surface area contributed by atoms with E-state index in [1.807, 2.05) is 6.08 Å². The molecule has 1 aromatic carbocycles. The van der Waals surface area contributed by atoms with Crippen molar-refractivity contribution in [2.45, 2.75) is 19.8 Å². The van der Waals surface area contributed by atoms with Gasteiger partial charge in [0.05, 0.1) is 24.1 Å². The number of allylic oxidation sites excluding steroid dienone is 1. The Morgan fingerprint density at radius 1 is 1.36 bits per heavy atom. The van der Waals surface area contributed by atoms with E-state index < -0.39 is 0 Å². The lowest BCUT2D eigenvalue weighted by Gasteiger charge is -2.15. The van der Waals surface area contributed by atoms with Gasteiger partial charge >= 0.3 is 0 Å². The number of benzene rings is 1. The Hall–Kier alpha value is -2.47. The average Bonchev–Trinajstić information content (AvgIpc) is 2.59. The quantitative estimate of drug-likeness (QED) is 0.326. The van der Waals surface area contributed by atoms with Crippen molar-refractivity contribution in [3.63, 3.8) is 0 Å². The second kappa shape index (κ2) is 11.1. The van der Waals surface area contributed by atoms with Crippen LogP contribution >= 0.6 is 0 Å². The highest BCUT2D eigenvalue weighted by molar-refractivity contribution is 5.98. The predicted octanol–water partition coefficient (Wildman–Crippen LogP) is 2.94. The number of hydrogen-bond donors (Lipinski definition) is 3. The lowest BCUT2D eigenvalue weighted by atomic mass is 10.1. The van der Waals surface area contributed by atoms with Gasteiger partial charge in [-0.2, -0.15) is 0 Å². The van der Waals surface area contributed by atoms with Crippen molar-refractivity contribution < 1.29 is 14.6 Å². The second-order valence-corrected chi connectivity index (χ2v) is 5.75. The van der Waals surface area contributed by atoms with Crippen LogP contribution in [0.25, 0.3) is 0 Å². The number of unbranched alkanes of at least 4 members (excludes halogenated alkanes) is 1. The van der Waals surface area contributed by atoms with Gasteiger partial charge < -0.3 is 25.4 Å². The molecule has 138 valence electrons. The second-order valence-electron chi connectivity index (χ2n) is 5.75. The third-order valence-corrected chi connectivity index (χ3v) is 3.48. The van der Waals surface area contributed by atoms with Gasteiger partial charge in [-0.25, -0.2) is 0 Å². The van der Waals surface area contributed by atoms with Crippen LogP contribution in [0.2, 0.25) is 0 Å². The van der Waals surface area contributed by atoms with Crippen LogP contribution in [0.15, 0.2) is 42.9 Å². The molecule has 0 bridgehead atoms. The molecular weight excluding hydrogens is 318 g/mol. The topological polar surface area (TPSA) is 73.8 Å². The average molecular weight is 347 g/mol. The Bertz CT molecular complexity index is 598. The Balaban J connectivity index is 2.50. The molecule has 25 heavy (non-hydrogen) atoms. The van der Waals surface area contributed by atoms with Crippen LogP contribution in [0.4, 0.5) is 5.69 Å². The molecule has 0 fully saturated rings. The van der Waals surface area contributed by atoms with Gasteiger partial charge in [0.1, 0.15) is 5.76 Å². The minimum absolute atomic E-state index is 0.0280. The number of phenolic OH excluding ortho intramolecular Hbond substituents is 1. The summed E-state index contributed by atoms with van der Waals surface area (Å²) in [5.74, 6) is 0.588. The number of anilines is 1. The van der Waals surface area contributed by atoms with Crippen molar-refractivity contribution in [1.29, 1.82) is 0 Å². The van der Waals surface area contributed by atoms with Crippen LogP contribution in [0.3, 0.4) is 0 Å². The third-order valence-electron chi connectivity index (χ3n) is 3.48. The number of hydrogen-bond acceptors (Lipinski definition) is 5. The highest BCUT2D eigenvalue weighted by Crippen LogP contribution is 2.27. The lowest BCUT2D eigenvalue weighted by molar-refractivity contribution is 0.0824. The van der Waals surface area contributed by atoms with Crippen molar-refractivity contribution in [3.05, 3.63) is 48.4 Å². The summed E-state index contributed by atoms with van der Waals surface area (Å²) in [5, 5.41) is 16.6. The molecule has 0 atom stereocenters. The Morgan fingerprint density at radius 2 is 2.12 bits per heavy atom. The molecular formula is C19H29N3O3. The SMILES string of the molecule is C=CO/C(=C\CCC)CNCCNc1cccc(C(=O)N(C)C)c1O. The van der Waals surface area contributed by atoms with E-state index in [1.165, 1.54) is 11.2 Å². The molecule has 3 N–H and O–H groups in total. The monoisotopic (exact) mass is 347 g/mol. The molecule has 1 aromatic rings. The Morgan fingerprint density at radius 3 is 2.76 bits per heavy atom. The van der Waals surface area contributed by atoms with Crippen LogP contribution in [0.1, 0.15) is 30.1 Å². The molecule has 1 amide bonds. The van der Waals surface area contributed by atoms with E-state index in [4.69, 9.17) is 4.74 Å². The molecule has 0 unspecified atom stereocenters.